The van der Waals surface area contributed by atoms with E-state index in [9.17, 15) is 4.79 Å². The molecule has 114 valence electrons. The zero-order chi connectivity index (χ0) is 14.2. The topological polar surface area (TPSA) is 67.4 Å². The number of aromatic nitrogens is 2. The van der Waals surface area contributed by atoms with Crippen LogP contribution in [0.5, 0.6) is 0 Å². The molecule has 7 heteroatoms. The number of hydrogen-bond acceptors (Lipinski definition) is 6. The first-order chi connectivity index (χ1) is 10.3. The second-order valence-corrected chi connectivity index (χ2v) is 6.93. The summed E-state index contributed by atoms with van der Waals surface area (Å²) in [7, 11) is 0. The summed E-state index contributed by atoms with van der Waals surface area (Å²) >= 11 is 1.49. The molecule has 6 nitrogen and oxygen atoms in total. The van der Waals surface area contributed by atoms with Gasteiger partial charge in [-0.3, -0.25) is 9.69 Å². The molecule has 1 amide bonds. The molecule has 3 aliphatic rings. The van der Waals surface area contributed by atoms with Crippen molar-refractivity contribution in [1.82, 2.24) is 19.8 Å². The number of fused-ring (bicyclic) bond motifs is 4. The van der Waals surface area contributed by atoms with E-state index in [2.05, 4.69) is 19.8 Å². The average Bonchev–Trinajstić information content (AvgIpc) is 3.19. The van der Waals surface area contributed by atoms with Crippen molar-refractivity contribution >= 4 is 17.4 Å². The molecule has 0 spiro atoms. The molecule has 0 saturated carbocycles. The molecule has 1 aromatic rings. The highest BCUT2D eigenvalue weighted by atomic mass is 32.1. The van der Waals surface area contributed by atoms with Gasteiger partial charge < -0.3 is 10.1 Å². The fraction of sp³-hybridized carbons (Fsp3) is 0.786. The molecule has 2 saturated heterocycles. The van der Waals surface area contributed by atoms with Crippen molar-refractivity contribution in [3.05, 3.63) is 10.6 Å². The molecule has 3 atom stereocenters. The van der Waals surface area contributed by atoms with Crippen LogP contribution in [0.15, 0.2) is 0 Å². The molecule has 0 aromatic carbocycles. The molecule has 1 N–H and O–H groups in total. The Bertz CT molecular complexity index is 529. The van der Waals surface area contributed by atoms with Crippen LogP contribution in [0.25, 0.3) is 0 Å². The van der Waals surface area contributed by atoms with Gasteiger partial charge >= 0.3 is 0 Å². The van der Waals surface area contributed by atoms with Crippen molar-refractivity contribution in [3.63, 3.8) is 0 Å². The van der Waals surface area contributed by atoms with E-state index in [0.29, 0.717) is 25.2 Å². The summed E-state index contributed by atoms with van der Waals surface area (Å²) in [4.78, 5) is 15.8. The first-order valence-corrected chi connectivity index (χ1v) is 8.54. The molecule has 4 heterocycles. The van der Waals surface area contributed by atoms with Crippen molar-refractivity contribution < 1.29 is 9.53 Å². The third kappa shape index (κ3) is 2.58. The van der Waals surface area contributed by atoms with E-state index in [-0.39, 0.29) is 12.0 Å². The zero-order valence-electron chi connectivity index (χ0n) is 12.0. The van der Waals surface area contributed by atoms with Crippen LogP contribution in [-0.2, 0) is 16.0 Å². The van der Waals surface area contributed by atoms with E-state index in [1.54, 1.807) is 0 Å². The van der Waals surface area contributed by atoms with Crippen LogP contribution in [0.3, 0.4) is 0 Å². The largest absolute Gasteiger partial charge is 0.376 e. The Labute approximate surface area is 128 Å². The highest BCUT2D eigenvalue weighted by Crippen LogP contribution is 2.44. The van der Waals surface area contributed by atoms with Gasteiger partial charge in [0.25, 0.3) is 0 Å². The van der Waals surface area contributed by atoms with Crippen LogP contribution in [0.4, 0.5) is 0 Å². The highest BCUT2D eigenvalue weighted by Gasteiger charge is 2.42. The molecule has 1 aromatic heterocycles. The minimum atomic E-state index is 0.114. The van der Waals surface area contributed by atoms with E-state index in [1.807, 2.05) is 0 Å². The van der Waals surface area contributed by atoms with Crippen LogP contribution in [0.1, 0.15) is 42.3 Å². The lowest BCUT2D eigenvalue weighted by Gasteiger charge is -2.32. The molecule has 2 fully saturated rings. The lowest BCUT2D eigenvalue weighted by atomic mass is 10.1. The van der Waals surface area contributed by atoms with Gasteiger partial charge in [0.15, 0.2) is 0 Å². The van der Waals surface area contributed by atoms with Gasteiger partial charge in [0.2, 0.25) is 5.91 Å². The predicted octanol–water partition coefficient (Wildman–Crippen LogP) is 0.895. The van der Waals surface area contributed by atoms with Crippen LogP contribution in [0.2, 0.25) is 0 Å². The summed E-state index contributed by atoms with van der Waals surface area (Å²) in [6, 6.07) is 0.812. The van der Waals surface area contributed by atoms with Crippen molar-refractivity contribution in [2.24, 2.45) is 0 Å². The number of rotatable bonds is 4. The predicted molar refractivity (Wildman–Crippen MR) is 78.1 cm³/mol. The standard InChI is InChI=1S/C14H20N4O2S/c19-13(15-7-10-2-1-5-20-10)8-18-9-3-4-12(18)14-11(6-9)16-17-21-14/h9-10,12H,1-8H2,(H,15,19)/t9-,10+,12-/m1/s1. The summed E-state index contributed by atoms with van der Waals surface area (Å²) in [5.41, 5.74) is 1.16. The molecule has 3 aliphatic heterocycles. The quantitative estimate of drug-likeness (QED) is 0.895. The molecule has 0 radical (unpaired) electrons. The summed E-state index contributed by atoms with van der Waals surface area (Å²) in [5, 5.41) is 7.25. The average molecular weight is 308 g/mol. The first kappa shape index (κ1) is 13.6. The van der Waals surface area contributed by atoms with Crippen molar-refractivity contribution in [2.75, 3.05) is 19.7 Å². The van der Waals surface area contributed by atoms with E-state index >= 15 is 0 Å². The molecule has 0 unspecified atom stereocenters. The summed E-state index contributed by atoms with van der Waals surface area (Å²) < 4.78 is 9.61. The Hall–Kier alpha value is -1.05. The molecule has 0 aliphatic carbocycles. The second kappa shape index (κ2) is 5.62. The third-order valence-corrected chi connectivity index (χ3v) is 5.70. The number of nitrogens with zero attached hydrogens (tertiary/aromatic N) is 3. The Balaban J connectivity index is 1.36. The van der Waals surface area contributed by atoms with Gasteiger partial charge in [-0.05, 0) is 37.2 Å². The lowest BCUT2D eigenvalue weighted by Crippen LogP contribution is -2.45. The van der Waals surface area contributed by atoms with Crippen LogP contribution < -0.4 is 5.32 Å². The number of hydrogen-bond donors (Lipinski definition) is 1. The van der Waals surface area contributed by atoms with Crippen LogP contribution >= 0.6 is 11.5 Å². The Morgan fingerprint density at radius 3 is 3.24 bits per heavy atom. The second-order valence-electron chi connectivity index (χ2n) is 6.15. The number of carbonyl (C=O) groups is 1. The Morgan fingerprint density at radius 1 is 1.43 bits per heavy atom. The number of nitrogens with one attached hydrogen (secondary N) is 1. The van der Waals surface area contributed by atoms with Gasteiger partial charge in [-0.15, -0.1) is 5.10 Å². The number of ether oxygens (including phenoxy) is 1. The number of amides is 1. The van der Waals surface area contributed by atoms with Crippen LogP contribution in [-0.4, -0.2) is 52.2 Å². The minimum absolute atomic E-state index is 0.114. The van der Waals surface area contributed by atoms with Crippen molar-refractivity contribution in [3.8, 4) is 0 Å². The van der Waals surface area contributed by atoms with Gasteiger partial charge in [0.1, 0.15) is 0 Å². The summed E-state index contributed by atoms with van der Waals surface area (Å²) in [6.45, 7) is 1.97. The summed E-state index contributed by atoms with van der Waals surface area (Å²) in [6.07, 6.45) is 5.61. The highest BCUT2D eigenvalue weighted by molar-refractivity contribution is 7.05. The smallest absolute Gasteiger partial charge is 0.234 e. The molecule has 2 bridgehead atoms. The van der Waals surface area contributed by atoms with E-state index in [4.69, 9.17) is 4.74 Å². The van der Waals surface area contributed by atoms with E-state index in [0.717, 1.165) is 44.4 Å². The van der Waals surface area contributed by atoms with Crippen molar-refractivity contribution in [1.29, 1.82) is 0 Å². The van der Waals surface area contributed by atoms with Gasteiger partial charge in [-0.1, -0.05) is 4.49 Å². The molecular formula is C14H20N4O2S. The Morgan fingerprint density at radius 2 is 2.38 bits per heavy atom. The lowest BCUT2D eigenvalue weighted by molar-refractivity contribution is -0.123. The zero-order valence-corrected chi connectivity index (χ0v) is 12.8. The normalized spacial score (nSPS) is 31.3. The fourth-order valence-corrected chi connectivity index (χ4v) is 4.60. The maximum Gasteiger partial charge on any atom is 0.234 e. The Kier molecular flexibility index (Phi) is 3.64. The monoisotopic (exact) mass is 308 g/mol. The molecular weight excluding hydrogens is 288 g/mol. The van der Waals surface area contributed by atoms with E-state index < -0.39 is 0 Å². The van der Waals surface area contributed by atoms with Crippen molar-refractivity contribution in [2.45, 2.75) is 50.3 Å². The number of carbonyl (C=O) groups excluding carboxylic acids is 1. The first-order valence-electron chi connectivity index (χ1n) is 7.76. The van der Waals surface area contributed by atoms with Gasteiger partial charge in [-0.2, -0.15) is 0 Å². The summed E-state index contributed by atoms with van der Waals surface area (Å²) in [5.74, 6) is 0.114. The third-order valence-electron chi connectivity index (χ3n) is 4.84. The van der Waals surface area contributed by atoms with Gasteiger partial charge in [0.05, 0.1) is 23.2 Å². The van der Waals surface area contributed by atoms with Crippen LogP contribution in [0, 0.1) is 0 Å². The minimum Gasteiger partial charge on any atom is -0.376 e. The SMILES string of the molecule is O=C(CN1[C@@H]2CC[C@@H]1c1snnc1C2)NC[C@@H]1CCCO1. The molecule has 21 heavy (non-hydrogen) atoms. The fourth-order valence-electron chi connectivity index (χ4n) is 3.76. The maximum absolute atomic E-state index is 12.2. The van der Waals surface area contributed by atoms with Gasteiger partial charge in [-0.25, -0.2) is 0 Å². The van der Waals surface area contributed by atoms with E-state index in [1.165, 1.54) is 16.4 Å². The van der Waals surface area contributed by atoms with Gasteiger partial charge in [0, 0.05) is 31.7 Å². The maximum atomic E-state index is 12.2. The molecule has 4 rings (SSSR count).